The van der Waals surface area contributed by atoms with Crippen molar-refractivity contribution in [3.05, 3.63) is 35.7 Å². The van der Waals surface area contributed by atoms with Gasteiger partial charge in [0.15, 0.2) is 0 Å². The summed E-state index contributed by atoms with van der Waals surface area (Å²) in [7, 11) is 0. The summed E-state index contributed by atoms with van der Waals surface area (Å²) in [6.07, 6.45) is 3.28. The number of hydrogen-bond donors (Lipinski definition) is 1. The number of piperidine rings is 1. The molecule has 1 N–H and O–H groups in total. The number of piperazine rings is 1. The number of nitrogens with zero attached hydrogens (tertiary/aromatic N) is 4. The van der Waals surface area contributed by atoms with E-state index in [1.54, 1.807) is 0 Å². The van der Waals surface area contributed by atoms with Gasteiger partial charge < -0.3 is 14.7 Å². The maximum absolute atomic E-state index is 12.6. The van der Waals surface area contributed by atoms with E-state index in [-0.39, 0.29) is 11.9 Å². The molecule has 7 heteroatoms. The van der Waals surface area contributed by atoms with E-state index in [4.69, 9.17) is 4.52 Å². The van der Waals surface area contributed by atoms with Crippen LogP contribution in [0.4, 0.5) is 0 Å². The molecule has 2 saturated heterocycles. The lowest BCUT2D eigenvalue weighted by Gasteiger charge is -2.36. The fourth-order valence-electron chi connectivity index (χ4n) is 3.74. The van der Waals surface area contributed by atoms with Crippen LogP contribution in [-0.2, 0) is 11.3 Å². The summed E-state index contributed by atoms with van der Waals surface area (Å²) in [6.45, 7) is 6.83. The van der Waals surface area contributed by atoms with Gasteiger partial charge in [0.1, 0.15) is 0 Å². The first-order valence-corrected chi connectivity index (χ1v) is 9.83. The monoisotopic (exact) mass is 369 g/mol. The maximum Gasteiger partial charge on any atom is 0.241 e. The molecule has 7 nitrogen and oxygen atoms in total. The number of rotatable bonds is 4. The van der Waals surface area contributed by atoms with E-state index < -0.39 is 0 Å². The molecule has 4 rings (SSSR count). The average Bonchev–Trinajstić information content (AvgIpc) is 3.18. The van der Waals surface area contributed by atoms with Crippen molar-refractivity contribution in [1.29, 1.82) is 0 Å². The highest BCUT2D eigenvalue weighted by Crippen LogP contribution is 2.18. The van der Waals surface area contributed by atoms with Crippen molar-refractivity contribution in [3.8, 4) is 11.4 Å². The Morgan fingerprint density at radius 2 is 1.96 bits per heavy atom. The van der Waals surface area contributed by atoms with Crippen LogP contribution in [-0.4, -0.2) is 64.6 Å². The molecule has 144 valence electrons. The zero-order valence-electron chi connectivity index (χ0n) is 15.9. The minimum atomic E-state index is 0.0123. The highest BCUT2D eigenvalue weighted by molar-refractivity contribution is 5.82. The van der Waals surface area contributed by atoms with Crippen LogP contribution in [0.5, 0.6) is 0 Å². The SMILES string of the molecule is Cc1ccc(-c2noc(CN3CCN(C(=O)C4CCCCN4)CC3)n2)cc1. The van der Waals surface area contributed by atoms with Gasteiger partial charge in [-0.3, -0.25) is 9.69 Å². The summed E-state index contributed by atoms with van der Waals surface area (Å²) in [5.41, 5.74) is 2.17. The van der Waals surface area contributed by atoms with Crippen molar-refractivity contribution in [2.24, 2.45) is 0 Å². The number of aromatic nitrogens is 2. The lowest BCUT2D eigenvalue weighted by Crippen LogP contribution is -2.54. The molecule has 3 heterocycles. The zero-order valence-corrected chi connectivity index (χ0v) is 15.9. The maximum atomic E-state index is 12.6. The van der Waals surface area contributed by atoms with Crippen molar-refractivity contribution in [3.63, 3.8) is 0 Å². The van der Waals surface area contributed by atoms with E-state index in [2.05, 4.69) is 27.3 Å². The minimum Gasteiger partial charge on any atom is -0.339 e. The molecule has 0 saturated carbocycles. The van der Waals surface area contributed by atoms with Crippen molar-refractivity contribution < 1.29 is 9.32 Å². The van der Waals surface area contributed by atoms with Crippen LogP contribution >= 0.6 is 0 Å². The molecular weight excluding hydrogens is 342 g/mol. The molecule has 1 atom stereocenters. The lowest BCUT2D eigenvalue weighted by atomic mass is 10.0. The first-order chi connectivity index (χ1) is 13.2. The van der Waals surface area contributed by atoms with Gasteiger partial charge in [-0.25, -0.2) is 0 Å². The normalized spacial score (nSPS) is 21.4. The average molecular weight is 369 g/mol. The second kappa shape index (κ2) is 8.19. The molecule has 0 bridgehead atoms. The molecule has 1 unspecified atom stereocenters. The van der Waals surface area contributed by atoms with E-state index in [0.29, 0.717) is 18.3 Å². The third-order valence-electron chi connectivity index (χ3n) is 5.43. The smallest absolute Gasteiger partial charge is 0.241 e. The van der Waals surface area contributed by atoms with E-state index in [1.807, 2.05) is 29.2 Å². The Labute approximate surface area is 159 Å². The second-order valence-electron chi connectivity index (χ2n) is 7.48. The molecule has 0 aliphatic carbocycles. The van der Waals surface area contributed by atoms with E-state index in [1.165, 1.54) is 12.0 Å². The Morgan fingerprint density at radius 1 is 1.19 bits per heavy atom. The van der Waals surface area contributed by atoms with Crippen LogP contribution in [0.25, 0.3) is 11.4 Å². The van der Waals surface area contributed by atoms with E-state index in [9.17, 15) is 4.79 Å². The number of aryl methyl sites for hydroxylation is 1. The molecule has 2 aliphatic heterocycles. The molecular formula is C20H27N5O2. The fourth-order valence-corrected chi connectivity index (χ4v) is 3.74. The fraction of sp³-hybridized carbons (Fsp3) is 0.550. The highest BCUT2D eigenvalue weighted by Gasteiger charge is 2.28. The predicted octanol–water partition coefficient (Wildman–Crippen LogP) is 1.83. The van der Waals surface area contributed by atoms with Gasteiger partial charge in [-0.2, -0.15) is 4.98 Å². The molecule has 0 radical (unpaired) electrons. The van der Waals surface area contributed by atoms with E-state index >= 15 is 0 Å². The standard InChI is InChI=1S/C20H27N5O2/c1-15-5-7-16(8-6-15)19-22-18(27-23-19)14-24-10-12-25(13-11-24)20(26)17-4-2-3-9-21-17/h5-8,17,21H,2-4,9-14H2,1H3. The number of hydrogen-bond acceptors (Lipinski definition) is 6. The quantitative estimate of drug-likeness (QED) is 0.886. The Kier molecular flexibility index (Phi) is 5.50. The molecule has 1 aromatic carbocycles. The van der Waals surface area contributed by atoms with Crippen molar-refractivity contribution in [1.82, 2.24) is 25.3 Å². The van der Waals surface area contributed by atoms with Crippen LogP contribution < -0.4 is 5.32 Å². The molecule has 2 aliphatic rings. The molecule has 2 aromatic rings. The summed E-state index contributed by atoms with van der Waals surface area (Å²) >= 11 is 0. The van der Waals surface area contributed by atoms with Crippen LogP contribution in [0.15, 0.2) is 28.8 Å². The second-order valence-corrected chi connectivity index (χ2v) is 7.48. The summed E-state index contributed by atoms with van der Waals surface area (Å²) < 4.78 is 5.43. The van der Waals surface area contributed by atoms with Crippen molar-refractivity contribution >= 4 is 5.91 Å². The Hall–Kier alpha value is -2.25. The topological polar surface area (TPSA) is 74.5 Å². The minimum absolute atomic E-state index is 0.0123. The van der Waals surface area contributed by atoms with Crippen LogP contribution in [0.3, 0.4) is 0 Å². The summed E-state index contributed by atoms with van der Waals surface area (Å²) in [5.74, 6) is 1.51. The van der Waals surface area contributed by atoms with Crippen LogP contribution in [0, 0.1) is 6.92 Å². The number of carbonyl (C=O) groups is 1. The van der Waals surface area contributed by atoms with E-state index in [0.717, 1.165) is 51.1 Å². The number of benzene rings is 1. The van der Waals surface area contributed by atoms with Crippen molar-refractivity contribution in [2.45, 2.75) is 38.8 Å². The Balaban J connectivity index is 1.29. The Morgan fingerprint density at radius 3 is 2.67 bits per heavy atom. The molecule has 2 fully saturated rings. The van der Waals surface area contributed by atoms with Gasteiger partial charge in [0.25, 0.3) is 0 Å². The first-order valence-electron chi connectivity index (χ1n) is 9.83. The van der Waals surface area contributed by atoms with Gasteiger partial charge in [0.2, 0.25) is 17.6 Å². The predicted molar refractivity (Wildman–Crippen MR) is 102 cm³/mol. The van der Waals surface area contributed by atoms with Gasteiger partial charge in [-0.1, -0.05) is 41.4 Å². The molecule has 1 aromatic heterocycles. The zero-order chi connectivity index (χ0) is 18.6. The summed E-state index contributed by atoms with van der Waals surface area (Å²) in [6, 6.07) is 8.12. The number of nitrogens with one attached hydrogen (secondary N) is 1. The molecule has 1 amide bonds. The van der Waals surface area contributed by atoms with Crippen LogP contribution in [0.2, 0.25) is 0 Å². The summed E-state index contributed by atoms with van der Waals surface area (Å²) in [5, 5.41) is 7.45. The molecule has 27 heavy (non-hydrogen) atoms. The Bertz CT molecular complexity index is 759. The third kappa shape index (κ3) is 4.36. The van der Waals surface area contributed by atoms with Gasteiger partial charge in [0, 0.05) is 31.7 Å². The van der Waals surface area contributed by atoms with Gasteiger partial charge >= 0.3 is 0 Å². The van der Waals surface area contributed by atoms with Gasteiger partial charge in [-0.05, 0) is 26.3 Å². The molecule has 0 spiro atoms. The van der Waals surface area contributed by atoms with Crippen molar-refractivity contribution in [2.75, 3.05) is 32.7 Å². The summed E-state index contributed by atoms with van der Waals surface area (Å²) in [4.78, 5) is 21.4. The highest BCUT2D eigenvalue weighted by atomic mass is 16.5. The number of amides is 1. The number of carbonyl (C=O) groups excluding carboxylic acids is 1. The van der Waals surface area contributed by atoms with Crippen LogP contribution in [0.1, 0.15) is 30.7 Å². The van der Waals surface area contributed by atoms with Gasteiger partial charge in [0.05, 0.1) is 12.6 Å². The lowest BCUT2D eigenvalue weighted by molar-refractivity contribution is -0.135. The largest absolute Gasteiger partial charge is 0.339 e. The van der Waals surface area contributed by atoms with Gasteiger partial charge in [-0.15, -0.1) is 0 Å². The third-order valence-corrected chi connectivity index (χ3v) is 5.43. The first kappa shape index (κ1) is 18.1.